The van der Waals surface area contributed by atoms with Gasteiger partial charge in [0.05, 0.1) is 7.11 Å². The second kappa shape index (κ2) is 5.09. The third-order valence-electron chi connectivity index (χ3n) is 3.03. The van der Waals surface area contributed by atoms with Crippen LogP contribution < -0.4 is 5.32 Å². The van der Waals surface area contributed by atoms with Gasteiger partial charge in [-0.15, -0.1) is 0 Å². The summed E-state index contributed by atoms with van der Waals surface area (Å²) in [5.41, 5.74) is 0.681. The first-order valence-corrected chi connectivity index (χ1v) is 5.82. The van der Waals surface area contributed by atoms with Gasteiger partial charge in [-0.05, 0) is 12.5 Å². The molecule has 6 heteroatoms. The van der Waals surface area contributed by atoms with Gasteiger partial charge < -0.3 is 10.1 Å². The van der Waals surface area contributed by atoms with Gasteiger partial charge in [-0.1, -0.05) is 30.3 Å². The fourth-order valence-electron chi connectivity index (χ4n) is 2.01. The van der Waals surface area contributed by atoms with Gasteiger partial charge in [0.2, 0.25) is 0 Å². The molecule has 100 valence electrons. The Kier molecular flexibility index (Phi) is 3.50. The van der Waals surface area contributed by atoms with Crippen LogP contribution in [0.1, 0.15) is 18.5 Å². The molecule has 0 spiro atoms. The molecule has 3 amide bonds. The van der Waals surface area contributed by atoms with Crippen molar-refractivity contribution in [2.45, 2.75) is 19.0 Å². The van der Waals surface area contributed by atoms with Crippen LogP contribution >= 0.6 is 0 Å². The van der Waals surface area contributed by atoms with Crippen LogP contribution in [0.25, 0.3) is 0 Å². The first kappa shape index (κ1) is 13.1. The Balaban J connectivity index is 2.24. The molecule has 1 aromatic rings. The number of nitrogens with zero attached hydrogens (tertiary/aromatic N) is 1. The number of methoxy groups -OCH3 is 1. The Morgan fingerprint density at radius 1 is 1.32 bits per heavy atom. The van der Waals surface area contributed by atoms with Crippen LogP contribution in [0.2, 0.25) is 0 Å². The quantitative estimate of drug-likeness (QED) is 0.647. The standard InChI is InChI=1S/C13H14N2O4/c1-8(12(17)19-2)15-11(16)10(14-13(15)18)9-6-4-3-5-7-9/h3-8,10H,1-2H3,(H,14,18). The highest BCUT2D eigenvalue weighted by molar-refractivity contribution is 6.07. The second-order valence-corrected chi connectivity index (χ2v) is 4.20. The van der Waals surface area contributed by atoms with Crippen molar-refractivity contribution in [2.24, 2.45) is 0 Å². The van der Waals surface area contributed by atoms with Gasteiger partial charge in [0, 0.05) is 0 Å². The fourth-order valence-corrected chi connectivity index (χ4v) is 2.01. The molecule has 6 nitrogen and oxygen atoms in total. The predicted molar refractivity (Wildman–Crippen MR) is 66.0 cm³/mol. The van der Waals surface area contributed by atoms with Gasteiger partial charge >= 0.3 is 12.0 Å². The third-order valence-corrected chi connectivity index (χ3v) is 3.03. The van der Waals surface area contributed by atoms with E-state index < -0.39 is 30.0 Å². The molecular formula is C13H14N2O4. The normalized spacial score (nSPS) is 20.1. The van der Waals surface area contributed by atoms with Gasteiger partial charge in [0.1, 0.15) is 12.1 Å². The van der Waals surface area contributed by atoms with Gasteiger partial charge in [-0.3, -0.25) is 4.79 Å². The van der Waals surface area contributed by atoms with Crippen molar-refractivity contribution < 1.29 is 19.1 Å². The molecule has 2 unspecified atom stereocenters. The van der Waals surface area contributed by atoms with E-state index in [4.69, 9.17) is 0 Å². The molecule has 2 rings (SSSR count). The average Bonchev–Trinajstić information content (AvgIpc) is 2.73. The SMILES string of the molecule is COC(=O)C(C)N1C(=O)NC(c2ccccc2)C1=O. The largest absolute Gasteiger partial charge is 0.467 e. The van der Waals surface area contributed by atoms with Gasteiger partial charge in [0.25, 0.3) is 5.91 Å². The predicted octanol–water partition coefficient (Wildman–Crippen LogP) is 0.841. The lowest BCUT2D eigenvalue weighted by Gasteiger charge is -2.18. The van der Waals surface area contributed by atoms with Crippen molar-refractivity contribution in [2.75, 3.05) is 7.11 Å². The summed E-state index contributed by atoms with van der Waals surface area (Å²) in [5.74, 6) is -1.08. The van der Waals surface area contributed by atoms with E-state index in [2.05, 4.69) is 10.1 Å². The number of amides is 3. The Hall–Kier alpha value is -2.37. The van der Waals surface area contributed by atoms with Crippen LogP contribution in [0.5, 0.6) is 0 Å². The monoisotopic (exact) mass is 262 g/mol. The summed E-state index contributed by atoms with van der Waals surface area (Å²) < 4.78 is 4.55. The van der Waals surface area contributed by atoms with Gasteiger partial charge in [0.15, 0.2) is 0 Å². The molecule has 1 N–H and O–H groups in total. The van der Waals surface area contributed by atoms with Crippen LogP contribution in [0.15, 0.2) is 30.3 Å². The molecule has 0 aromatic heterocycles. The summed E-state index contributed by atoms with van der Waals surface area (Å²) in [6.45, 7) is 1.46. The number of rotatable bonds is 3. The molecule has 0 radical (unpaired) electrons. The highest BCUT2D eigenvalue weighted by Gasteiger charge is 2.43. The fraction of sp³-hybridized carbons (Fsp3) is 0.308. The number of carbonyl (C=O) groups is 3. The van der Waals surface area contributed by atoms with Crippen molar-refractivity contribution in [1.29, 1.82) is 0 Å². The lowest BCUT2D eigenvalue weighted by atomic mass is 10.1. The summed E-state index contributed by atoms with van der Waals surface area (Å²) in [5, 5.41) is 2.56. The first-order valence-electron chi connectivity index (χ1n) is 5.82. The maximum Gasteiger partial charge on any atom is 0.328 e. The molecule has 0 bridgehead atoms. The smallest absolute Gasteiger partial charge is 0.328 e. The minimum atomic E-state index is -0.939. The van der Waals surface area contributed by atoms with Crippen molar-refractivity contribution in [3.63, 3.8) is 0 Å². The van der Waals surface area contributed by atoms with Crippen molar-refractivity contribution in [3.05, 3.63) is 35.9 Å². The van der Waals surface area contributed by atoms with E-state index in [1.807, 2.05) is 6.07 Å². The van der Waals surface area contributed by atoms with Crippen molar-refractivity contribution >= 4 is 17.9 Å². The zero-order chi connectivity index (χ0) is 14.0. The average molecular weight is 262 g/mol. The number of benzene rings is 1. The van der Waals surface area contributed by atoms with Crippen LogP contribution in [0, 0.1) is 0 Å². The maximum atomic E-state index is 12.2. The van der Waals surface area contributed by atoms with Gasteiger partial charge in [-0.25, -0.2) is 14.5 Å². The lowest BCUT2D eigenvalue weighted by Crippen LogP contribution is -2.44. The molecule has 1 heterocycles. The van der Waals surface area contributed by atoms with E-state index in [9.17, 15) is 14.4 Å². The number of urea groups is 1. The highest BCUT2D eigenvalue weighted by atomic mass is 16.5. The summed E-state index contributed by atoms with van der Waals surface area (Å²) in [4.78, 5) is 36.4. The summed E-state index contributed by atoms with van der Waals surface area (Å²) in [7, 11) is 1.21. The van der Waals surface area contributed by atoms with E-state index in [1.165, 1.54) is 14.0 Å². The first-order chi connectivity index (χ1) is 9.06. The van der Waals surface area contributed by atoms with E-state index in [0.717, 1.165) is 4.90 Å². The van der Waals surface area contributed by atoms with E-state index in [1.54, 1.807) is 24.3 Å². The summed E-state index contributed by atoms with van der Waals surface area (Å²) in [6.07, 6.45) is 0. The second-order valence-electron chi connectivity index (χ2n) is 4.20. The van der Waals surface area contributed by atoms with E-state index >= 15 is 0 Å². The molecule has 19 heavy (non-hydrogen) atoms. The number of ether oxygens (including phenoxy) is 1. The van der Waals surface area contributed by atoms with Crippen molar-refractivity contribution in [1.82, 2.24) is 10.2 Å². The van der Waals surface area contributed by atoms with Crippen molar-refractivity contribution in [3.8, 4) is 0 Å². The summed E-state index contributed by atoms with van der Waals surface area (Å²) in [6, 6.07) is 6.59. The molecule has 1 aliphatic heterocycles. The van der Waals surface area contributed by atoms with E-state index in [0.29, 0.717) is 5.56 Å². The number of hydrogen-bond donors (Lipinski definition) is 1. The Bertz CT molecular complexity index is 515. The molecule has 1 saturated heterocycles. The maximum absolute atomic E-state index is 12.2. The Morgan fingerprint density at radius 3 is 2.53 bits per heavy atom. The Morgan fingerprint density at radius 2 is 1.95 bits per heavy atom. The molecule has 2 atom stereocenters. The topological polar surface area (TPSA) is 75.7 Å². The Labute approximate surface area is 110 Å². The number of carbonyl (C=O) groups excluding carboxylic acids is 3. The third kappa shape index (κ3) is 2.29. The molecular weight excluding hydrogens is 248 g/mol. The number of imide groups is 1. The van der Waals surface area contributed by atoms with Crippen LogP contribution in [0.4, 0.5) is 4.79 Å². The molecule has 0 saturated carbocycles. The molecule has 0 aliphatic carbocycles. The van der Waals surface area contributed by atoms with Crippen LogP contribution in [-0.2, 0) is 14.3 Å². The van der Waals surface area contributed by atoms with Gasteiger partial charge in [-0.2, -0.15) is 0 Å². The summed E-state index contributed by atoms with van der Waals surface area (Å²) >= 11 is 0. The zero-order valence-electron chi connectivity index (χ0n) is 10.6. The number of hydrogen-bond acceptors (Lipinski definition) is 4. The zero-order valence-corrected chi connectivity index (χ0v) is 10.6. The molecule has 1 aromatic carbocycles. The van der Waals surface area contributed by atoms with Crippen LogP contribution in [0.3, 0.4) is 0 Å². The van der Waals surface area contributed by atoms with E-state index in [-0.39, 0.29) is 0 Å². The minimum Gasteiger partial charge on any atom is -0.467 e. The molecule has 1 fully saturated rings. The molecule has 1 aliphatic rings. The lowest BCUT2D eigenvalue weighted by molar-refractivity contribution is -0.149. The number of nitrogens with one attached hydrogen (secondary N) is 1. The number of esters is 1. The highest BCUT2D eigenvalue weighted by Crippen LogP contribution is 2.23. The minimum absolute atomic E-state index is 0.450. The van der Waals surface area contributed by atoms with Crippen LogP contribution in [-0.4, -0.2) is 36.0 Å².